The van der Waals surface area contributed by atoms with Crippen molar-refractivity contribution in [2.45, 2.75) is 44.7 Å². The highest BCUT2D eigenvalue weighted by atomic mass is 35.5. The minimum absolute atomic E-state index is 0.714. The summed E-state index contributed by atoms with van der Waals surface area (Å²) in [5, 5.41) is 5.27. The van der Waals surface area contributed by atoms with Crippen molar-refractivity contribution in [3.63, 3.8) is 0 Å². The summed E-state index contributed by atoms with van der Waals surface area (Å²) in [5.41, 5.74) is 1.17. The van der Waals surface area contributed by atoms with Crippen LogP contribution in [0.3, 0.4) is 0 Å². The zero-order chi connectivity index (χ0) is 13.7. The van der Waals surface area contributed by atoms with E-state index in [1.54, 1.807) is 0 Å². The summed E-state index contributed by atoms with van der Waals surface area (Å²) in [6.45, 7) is 0.876. The number of hydrogen-bond acceptors (Lipinski definition) is 1. The standard InChI is InChI=1S/C17H21Cl2N/c18-12-5-4-10(16(19)8-12)9-20-17-7-11-6-15(17)14-3-1-2-13(11)14/h4-5,8,11,13-15,17,20H,1-3,6-7,9H2. The van der Waals surface area contributed by atoms with Crippen molar-refractivity contribution in [2.75, 3.05) is 0 Å². The monoisotopic (exact) mass is 309 g/mol. The first-order chi connectivity index (χ1) is 9.72. The van der Waals surface area contributed by atoms with Crippen LogP contribution in [0.4, 0.5) is 0 Å². The molecule has 3 aliphatic rings. The average Bonchev–Trinajstić information content (AvgIpc) is 3.10. The first kappa shape index (κ1) is 13.4. The Morgan fingerprint density at radius 1 is 1.05 bits per heavy atom. The lowest BCUT2D eigenvalue weighted by molar-refractivity contribution is 0.208. The van der Waals surface area contributed by atoms with Crippen LogP contribution in [0, 0.1) is 23.7 Å². The third-order valence-corrected chi connectivity index (χ3v) is 6.59. The summed E-state index contributed by atoms with van der Waals surface area (Å²) in [5.74, 6) is 4.02. The fraction of sp³-hybridized carbons (Fsp3) is 0.647. The van der Waals surface area contributed by atoms with Gasteiger partial charge in [-0.05, 0) is 67.1 Å². The number of halogens is 2. The van der Waals surface area contributed by atoms with E-state index < -0.39 is 0 Å². The molecule has 0 spiro atoms. The molecule has 0 saturated heterocycles. The smallest absolute Gasteiger partial charge is 0.0465 e. The largest absolute Gasteiger partial charge is 0.310 e. The second-order valence-corrected chi connectivity index (χ2v) is 7.72. The van der Waals surface area contributed by atoms with Crippen LogP contribution in [0.1, 0.15) is 37.7 Å². The maximum atomic E-state index is 6.26. The highest BCUT2D eigenvalue weighted by Crippen LogP contribution is 2.58. The molecular formula is C17H21Cl2N. The van der Waals surface area contributed by atoms with Gasteiger partial charge in [-0.2, -0.15) is 0 Å². The van der Waals surface area contributed by atoms with Gasteiger partial charge in [0.2, 0.25) is 0 Å². The van der Waals surface area contributed by atoms with Gasteiger partial charge in [-0.15, -0.1) is 0 Å². The molecule has 4 rings (SSSR count). The van der Waals surface area contributed by atoms with Gasteiger partial charge in [-0.1, -0.05) is 35.7 Å². The van der Waals surface area contributed by atoms with E-state index in [1.807, 2.05) is 18.2 Å². The summed E-state index contributed by atoms with van der Waals surface area (Å²) in [4.78, 5) is 0. The fourth-order valence-electron chi connectivity index (χ4n) is 5.21. The van der Waals surface area contributed by atoms with Crippen LogP contribution in [0.2, 0.25) is 10.0 Å². The summed E-state index contributed by atoms with van der Waals surface area (Å²) in [6, 6.07) is 6.53. The highest BCUT2D eigenvalue weighted by molar-refractivity contribution is 6.35. The number of fused-ring (bicyclic) bond motifs is 5. The minimum Gasteiger partial charge on any atom is -0.310 e. The predicted octanol–water partition coefficient (Wildman–Crippen LogP) is 4.91. The maximum Gasteiger partial charge on any atom is 0.0465 e. The Labute approximate surface area is 131 Å². The van der Waals surface area contributed by atoms with Crippen LogP contribution in [0.15, 0.2) is 18.2 Å². The molecule has 3 heteroatoms. The summed E-state index contributed by atoms with van der Waals surface area (Å²) < 4.78 is 0. The molecule has 3 saturated carbocycles. The molecule has 1 aromatic carbocycles. The van der Waals surface area contributed by atoms with E-state index in [0.29, 0.717) is 11.1 Å². The molecule has 0 amide bonds. The van der Waals surface area contributed by atoms with Gasteiger partial charge in [0.05, 0.1) is 0 Å². The lowest BCUT2D eigenvalue weighted by Gasteiger charge is -2.32. The summed E-state index contributed by atoms with van der Waals surface area (Å²) in [6.07, 6.45) is 7.31. The molecule has 5 atom stereocenters. The molecular weight excluding hydrogens is 289 g/mol. The minimum atomic E-state index is 0.714. The second kappa shape index (κ2) is 5.19. The number of nitrogens with one attached hydrogen (secondary N) is 1. The second-order valence-electron chi connectivity index (χ2n) is 6.88. The van der Waals surface area contributed by atoms with Gasteiger partial charge >= 0.3 is 0 Å². The molecule has 0 aromatic heterocycles. The van der Waals surface area contributed by atoms with Gasteiger partial charge in [-0.25, -0.2) is 0 Å². The number of rotatable bonds is 3. The van der Waals surface area contributed by atoms with Gasteiger partial charge in [0, 0.05) is 22.6 Å². The topological polar surface area (TPSA) is 12.0 Å². The molecule has 1 aromatic rings. The average molecular weight is 310 g/mol. The Morgan fingerprint density at radius 2 is 1.90 bits per heavy atom. The molecule has 3 aliphatic carbocycles. The van der Waals surface area contributed by atoms with Gasteiger partial charge in [0.1, 0.15) is 0 Å². The first-order valence-corrected chi connectivity index (χ1v) is 8.65. The van der Waals surface area contributed by atoms with Crippen molar-refractivity contribution in [3.8, 4) is 0 Å². The van der Waals surface area contributed by atoms with Gasteiger partial charge in [0.25, 0.3) is 0 Å². The van der Waals surface area contributed by atoms with E-state index in [4.69, 9.17) is 23.2 Å². The lowest BCUT2D eigenvalue weighted by atomic mass is 9.79. The molecule has 1 N–H and O–H groups in total. The first-order valence-electron chi connectivity index (χ1n) is 7.89. The maximum absolute atomic E-state index is 6.26. The zero-order valence-corrected chi connectivity index (χ0v) is 13.1. The fourth-order valence-corrected chi connectivity index (χ4v) is 5.68. The van der Waals surface area contributed by atoms with E-state index in [1.165, 1.54) is 37.7 Å². The lowest BCUT2D eigenvalue weighted by Crippen LogP contribution is -2.38. The molecule has 1 nitrogen and oxygen atoms in total. The third kappa shape index (κ3) is 2.19. The van der Waals surface area contributed by atoms with Crippen molar-refractivity contribution < 1.29 is 0 Å². The Morgan fingerprint density at radius 3 is 2.75 bits per heavy atom. The van der Waals surface area contributed by atoms with Crippen molar-refractivity contribution in [2.24, 2.45) is 23.7 Å². The van der Waals surface area contributed by atoms with Gasteiger partial charge in [-0.3, -0.25) is 0 Å². The molecule has 0 aliphatic heterocycles. The molecule has 0 radical (unpaired) electrons. The van der Waals surface area contributed by atoms with Crippen LogP contribution >= 0.6 is 23.2 Å². The van der Waals surface area contributed by atoms with Crippen LogP contribution in [0.25, 0.3) is 0 Å². The number of hydrogen-bond donors (Lipinski definition) is 1. The van der Waals surface area contributed by atoms with Crippen molar-refractivity contribution in [1.82, 2.24) is 5.32 Å². The Balaban J connectivity index is 1.41. The molecule has 5 unspecified atom stereocenters. The summed E-state index contributed by atoms with van der Waals surface area (Å²) in [7, 11) is 0. The van der Waals surface area contributed by atoms with Crippen LogP contribution in [0.5, 0.6) is 0 Å². The van der Waals surface area contributed by atoms with Crippen LogP contribution in [-0.2, 0) is 6.54 Å². The van der Waals surface area contributed by atoms with Crippen LogP contribution in [-0.4, -0.2) is 6.04 Å². The predicted molar refractivity (Wildman–Crippen MR) is 84.1 cm³/mol. The van der Waals surface area contributed by atoms with Crippen LogP contribution < -0.4 is 5.32 Å². The Hall–Kier alpha value is -0.240. The van der Waals surface area contributed by atoms with E-state index in [0.717, 1.165) is 35.2 Å². The quantitative estimate of drug-likeness (QED) is 0.836. The van der Waals surface area contributed by atoms with E-state index in [-0.39, 0.29) is 0 Å². The molecule has 2 bridgehead atoms. The normalized spacial score (nSPS) is 38.4. The van der Waals surface area contributed by atoms with E-state index in [2.05, 4.69) is 5.32 Å². The molecule has 20 heavy (non-hydrogen) atoms. The molecule has 108 valence electrons. The Kier molecular flexibility index (Phi) is 3.48. The van der Waals surface area contributed by atoms with E-state index >= 15 is 0 Å². The van der Waals surface area contributed by atoms with Crippen molar-refractivity contribution >= 4 is 23.2 Å². The summed E-state index contributed by atoms with van der Waals surface area (Å²) >= 11 is 12.2. The third-order valence-electron chi connectivity index (χ3n) is 6.00. The molecule has 3 fully saturated rings. The SMILES string of the molecule is Clc1ccc(CNC2CC3CC2C2CCCC32)c(Cl)c1. The van der Waals surface area contributed by atoms with Gasteiger partial charge < -0.3 is 5.32 Å². The van der Waals surface area contributed by atoms with Crippen molar-refractivity contribution in [3.05, 3.63) is 33.8 Å². The van der Waals surface area contributed by atoms with Crippen molar-refractivity contribution in [1.29, 1.82) is 0 Å². The number of benzene rings is 1. The van der Waals surface area contributed by atoms with Gasteiger partial charge in [0.15, 0.2) is 0 Å². The van der Waals surface area contributed by atoms with E-state index in [9.17, 15) is 0 Å². The Bertz CT molecular complexity index is 516. The molecule has 0 heterocycles. The zero-order valence-electron chi connectivity index (χ0n) is 11.6. The highest BCUT2D eigenvalue weighted by Gasteiger charge is 2.53.